The summed E-state index contributed by atoms with van der Waals surface area (Å²) in [5.41, 5.74) is -0.693. The maximum absolute atomic E-state index is 12.3. The first-order valence-electron chi connectivity index (χ1n) is 6.87. The minimum Gasteiger partial charge on any atom is -0.351 e. The molecule has 17 heavy (non-hydrogen) atoms. The third-order valence-corrected chi connectivity index (χ3v) is 4.60. The van der Waals surface area contributed by atoms with Crippen LogP contribution in [0.25, 0.3) is 0 Å². The van der Waals surface area contributed by atoms with Crippen LogP contribution in [0, 0.1) is 34.5 Å². The Labute approximate surface area is 103 Å². The van der Waals surface area contributed by atoms with E-state index < -0.39 is 5.41 Å². The molecule has 3 nitrogen and oxygen atoms in total. The normalized spacial score (nSPS) is 36.2. The first-order valence-corrected chi connectivity index (χ1v) is 6.87. The van der Waals surface area contributed by atoms with Gasteiger partial charge in [0.2, 0.25) is 5.91 Å². The number of hydrogen-bond acceptors (Lipinski definition) is 2. The van der Waals surface area contributed by atoms with Gasteiger partial charge < -0.3 is 5.32 Å². The number of nitrogens with one attached hydrogen (secondary N) is 1. The van der Waals surface area contributed by atoms with Crippen molar-refractivity contribution in [2.24, 2.45) is 23.2 Å². The molecule has 0 aromatic rings. The average molecular weight is 232 g/mol. The van der Waals surface area contributed by atoms with Crippen LogP contribution >= 0.6 is 0 Å². The fraction of sp³-hybridized carbons (Fsp3) is 0.857. The van der Waals surface area contributed by atoms with Crippen molar-refractivity contribution in [1.82, 2.24) is 5.32 Å². The quantitative estimate of drug-likeness (QED) is 0.808. The van der Waals surface area contributed by atoms with Gasteiger partial charge in [-0.2, -0.15) is 5.26 Å². The molecule has 3 heteroatoms. The van der Waals surface area contributed by atoms with Crippen molar-refractivity contribution in [3.63, 3.8) is 0 Å². The zero-order valence-corrected chi connectivity index (χ0v) is 10.4. The smallest absolute Gasteiger partial charge is 0.240 e. The molecule has 0 bridgehead atoms. The first-order chi connectivity index (χ1) is 8.14. The van der Waals surface area contributed by atoms with Crippen molar-refractivity contribution >= 4 is 5.91 Å². The number of carbonyl (C=O) groups excluding carboxylic acids is 1. The SMILES string of the molecule is CC1CC(C#N)(C(=O)NC(C2CC2)C2CC2)C1. The predicted molar refractivity (Wildman–Crippen MR) is 63.8 cm³/mol. The number of nitrogens with zero attached hydrogens (tertiary/aromatic N) is 1. The Kier molecular flexibility index (Phi) is 2.43. The molecule has 92 valence electrons. The Morgan fingerprint density at radius 3 is 2.18 bits per heavy atom. The molecule has 0 unspecified atom stereocenters. The minimum atomic E-state index is -0.693. The van der Waals surface area contributed by atoms with Gasteiger partial charge in [0.05, 0.1) is 6.07 Å². The van der Waals surface area contributed by atoms with Crippen LogP contribution < -0.4 is 5.32 Å². The number of hydrogen-bond donors (Lipinski definition) is 1. The summed E-state index contributed by atoms with van der Waals surface area (Å²) in [5, 5.41) is 12.4. The zero-order valence-electron chi connectivity index (χ0n) is 10.4. The number of amides is 1. The molecule has 0 saturated heterocycles. The van der Waals surface area contributed by atoms with Crippen molar-refractivity contribution < 1.29 is 4.79 Å². The Hall–Kier alpha value is -1.04. The summed E-state index contributed by atoms with van der Waals surface area (Å²) in [6.07, 6.45) is 6.54. The van der Waals surface area contributed by atoms with Gasteiger partial charge in [-0.1, -0.05) is 6.92 Å². The molecule has 3 saturated carbocycles. The lowest BCUT2D eigenvalue weighted by Gasteiger charge is -2.40. The van der Waals surface area contributed by atoms with Crippen molar-refractivity contribution in [3.05, 3.63) is 0 Å². The highest BCUT2D eigenvalue weighted by molar-refractivity contribution is 5.86. The van der Waals surface area contributed by atoms with Crippen LogP contribution in [0.3, 0.4) is 0 Å². The summed E-state index contributed by atoms with van der Waals surface area (Å²) in [6.45, 7) is 2.11. The maximum Gasteiger partial charge on any atom is 0.240 e. The Morgan fingerprint density at radius 2 is 1.82 bits per heavy atom. The van der Waals surface area contributed by atoms with E-state index in [1.807, 2.05) is 0 Å². The third-order valence-electron chi connectivity index (χ3n) is 4.60. The standard InChI is InChI=1S/C14H20N2O/c1-9-6-14(7-9,8-15)13(17)16-12(10-2-3-10)11-4-5-11/h9-12H,2-7H2,1H3,(H,16,17). The molecular formula is C14H20N2O. The van der Waals surface area contributed by atoms with E-state index in [0.717, 1.165) is 12.8 Å². The highest BCUT2D eigenvalue weighted by Crippen LogP contribution is 2.48. The average Bonchev–Trinajstić information content (AvgIpc) is 3.14. The molecule has 3 aliphatic rings. The molecule has 3 fully saturated rings. The Bertz CT molecular complexity index is 358. The highest BCUT2D eigenvalue weighted by atomic mass is 16.2. The summed E-state index contributed by atoms with van der Waals surface area (Å²) < 4.78 is 0. The van der Waals surface area contributed by atoms with E-state index in [1.54, 1.807) is 0 Å². The van der Waals surface area contributed by atoms with Crippen molar-refractivity contribution in [1.29, 1.82) is 5.26 Å². The topological polar surface area (TPSA) is 52.9 Å². The van der Waals surface area contributed by atoms with Gasteiger partial charge in [-0.25, -0.2) is 0 Å². The van der Waals surface area contributed by atoms with Crippen molar-refractivity contribution in [3.8, 4) is 6.07 Å². The lowest BCUT2D eigenvalue weighted by atomic mass is 9.63. The molecule has 0 aromatic carbocycles. The number of carbonyl (C=O) groups is 1. The van der Waals surface area contributed by atoms with Crippen molar-refractivity contribution in [2.75, 3.05) is 0 Å². The van der Waals surface area contributed by atoms with Gasteiger partial charge in [0, 0.05) is 6.04 Å². The van der Waals surface area contributed by atoms with E-state index in [2.05, 4.69) is 18.3 Å². The van der Waals surface area contributed by atoms with E-state index in [9.17, 15) is 10.1 Å². The molecule has 0 heterocycles. The molecule has 1 N–H and O–H groups in total. The second-order valence-corrected chi connectivity index (χ2v) is 6.38. The van der Waals surface area contributed by atoms with Crippen LogP contribution in [0.2, 0.25) is 0 Å². The van der Waals surface area contributed by atoms with E-state index >= 15 is 0 Å². The van der Waals surface area contributed by atoms with E-state index in [4.69, 9.17) is 0 Å². The lowest BCUT2D eigenvalue weighted by Crippen LogP contribution is -2.52. The van der Waals surface area contributed by atoms with E-state index in [0.29, 0.717) is 23.8 Å². The fourth-order valence-corrected chi connectivity index (χ4v) is 3.28. The number of nitriles is 1. The van der Waals surface area contributed by atoms with Crippen LogP contribution in [0.15, 0.2) is 0 Å². The van der Waals surface area contributed by atoms with Crippen LogP contribution in [-0.4, -0.2) is 11.9 Å². The van der Waals surface area contributed by atoms with Crippen molar-refractivity contribution in [2.45, 2.75) is 51.5 Å². The molecule has 1 amide bonds. The summed E-state index contributed by atoms with van der Waals surface area (Å²) in [6, 6.07) is 2.64. The second kappa shape index (κ2) is 3.73. The Balaban J connectivity index is 1.64. The van der Waals surface area contributed by atoms with Gasteiger partial charge >= 0.3 is 0 Å². The molecule has 0 atom stereocenters. The third kappa shape index (κ3) is 1.94. The molecule has 3 rings (SSSR count). The van der Waals surface area contributed by atoms with Crippen LogP contribution in [0.4, 0.5) is 0 Å². The molecule has 0 aromatic heterocycles. The largest absolute Gasteiger partial charge is 0.351 e. The van der Waals surface area contributed by atoms with Gasteiger partial charge in [-0.05, 0) is 56.3 Å². The number of rotatable bonds is 4. The fourth-order valence-electron chi connectivity index (χ4n) is 3.28. The van der Waals surface area contributed by atoms with Crippen LogP contribution in [-0.2, 0) is 4.79 Å². The van der Waals surface area contributed by atoms with Gasteiger partial charge in [0.25, 0.3) is 0 Å². The van der Waals surface area contributed by atoms with Gasteiger partial charge in [-0.3, -0.25) is 4.79 Å². The van der Waals surface area contributed by atoms with E-state index in [1.165, 1.54) is 25.7 Å². The highest BCUT2D eigenvalue weighted by Gasteiger charge is 2.51. The molecule has 0 spiro atoms. The first kappa shape index (κ1) is 11.1. The second-order valence-electron chi connectivity index (χ2n) is 6.38. The minimum absolute atomic E-state index is 0.0156. The molecule has 0 radical (unpaired) electrons. The van der Waals surface area contributed by atoms with Gasteiger partial charge in [0.15, 0.2) is 0 Å². The monoisotopic (exact) mass is 232 g/mol. The lowest BCUT2D eigenvalue weighted by molar-refractivity contribution is -0.135. The summed E-state index contributed by atoms with van der Waals surface area (Å²) in [7, 11) is 0. The molecule has 0 aliphatic heterocycles. The summed E-state index contributed by atoms with van der Waals surface area (Å²) in [5.74, 6) is 1.96. The Morgan fingerprint density at radius 1 is 1.29 bits per heavy atom. The van der Waals surface area contributed by atoms with Gasteiger partial charge in [0.1, 0.15) is 5.41 Å². The van der Waals surface area contributed by atoms with E-state index in [-0.39, 0.29) is 5.91 Å². The molecule has 3 aliphatic carbocycles. The maximum atomic E-state index is 12.3. The zero-order chi connectivity index (χ0) is 12.0. The molecular weight excluding hydrogens is 212 g/mol. The van der Waals surface area contributed by atoms with Gasteiger partial charge in [-0.15, -0.1) is 0 Å². The van der Waals surface area contributed by atoms with Crippen LogP contribution in [0.5, 0.6) is 0 Å². The summed E-state index contributed by atoms with van der Waals surface area (Å²) in [4.78, 5) is 12.3. The summed E-state index contributed by atoms with van der Waals surface area (Å²) >= 11 is 0. The van der Waals surface area contributed by atoms with Crippen LogP contribution in [0.1, 0.15) is 45.4 Å². The predicted octanol–water partition coefficient (Wildman–Crippen LogP) is 2.23.